The van der Waals surface area contributed by atoms with Crippen LogP contribution in [-0.4, -0.2) is 17.1 Å². The van der Waals surface area contributed by atoms with Crippen molar-refractivity contribution in [3.8, 4) is 22.8 Å². The first kappa shape index (κ1) is 16.0. The Morgan fingerprint density at radius 3 is 2.46 bits per heavy atom. The van der Waals surface area contributed by atoms with Crippen LogP contribution in [0, 0.1) is 13.8 Å². The van der Waals surface area contributed by atoms with Crippen LogP contribution in [0.3, 0.4) is 0 Å². The number of methoxy groups -OCH3 is 1. The smallest absolute Gasteiger partial charge is 0.146 e. The zero-order valence-corrected chi connectivity index (χ0v) is 14.1. The summed E-state index contributed by atoms with van der Waals surface area (Å²) in [5, 5.41) is 0. The number of hydrogen-bond donors (Lipinski definition) is 0. The highest BCUT2D eigenvalue weighted by Crippen LogP contribution is 2.30. The van der Waals surface area contributed by atoms with Crippen molar-refractivity contribution in [1.82, 2.24) is 9.97 Å². The Morgan fingerprint density at radius 2 is 1.75 bits per heavy atom. The summed E-state index contributed by atoms with van der Waals surface area (Å²) >= 11 is 0. The Labute approximate surface area is 142 Å². The Hall–Kier alpha value is -2.88. The van der Waals surface area contributed by atoms with Crippen molar-refractivity contribution in [3.05, 3.63) is 71.7 Å². The molecule has 0 fully saturated rings. The zero-order chi connectivity index (χ0) is 16.9. The molecular weight excluding hydrogens is 300 g/mol. The van der Waals surface area contributed by atoms with Crippen LogP contribution in [0.15, 0.2) is 54.7 Å². The van der Waals surface area contributed by atoms with Gasteiger partial charge < -0.3 is 9.47 Å². The first-order valence-electron chi connectivity index (χ1n) is 7.83. The highest BCUT2D eigenvalue weighted by molar-refractivity contribution is 5.67. The Morgan fingerprint density at radius 1 is 0.958 bits per heavy atom. The molecule has 4 nitrogen and oxygen atoms in total. The van der Waals surface area contributed by atoms with Gasteiger partial charge in [0.05, 0.1) is 12.8 Å². The maximum Gasteiger partial charge on any atom is 0.146 e. The lowest BCUT2D eigenvalue weighted by Crippen LogP contribution is -2.02. The molecule has 0 atom stereocenters. The molecule has 24 heavy (non-hydrogen) atoms. The number of ether oxygens (including phenoxy) is 2. The molecule has 0 bridgehead atoms. The molecule has 0 aliphatic heterocycles. The van der Waals surface area contributed by atoms with Gasteiger partial charge in [0, 0.05) is 17.5 Å². The summed E-state index contributed by atoms with van der Waals surface area (Å²) in [4.78, 5) is 9.02. The second kappa shape index (κ2) is 7.13. The third-order valence-corrected chi connectivity index (χ3v) is 3.84. The molecule has 4 heteroatoms. The lowest BCUT2D eigenvalue weighted by molar-refractivity contribution is 0.300. The molecule has 2 heterocycles. The number of aryl methyl sites for hydroxylation is 2. The minimum atomic E-state index is 0.417. The monoisotopic (exact) mass is 320 g/mol. The van der Waals surface area contributed by atoms with Crippen molar-refractivity contribution < 1.29 is 9.47 Å². The van der Waals surface area contributed by atoms with E-state index in [0.717, 1.165) is 39.7 Å². The second-order valence-electron chi connectivity index (χ2n) is 5.58. The highest BCUT2D eigenvalue weighted by Gasteiger charge is 2.10. The molecule has 0 N–H and O–H groups in total. The van der Waals surface area contributed by atoms with E-state index in [1.807, 2.05) is 62.4 Å². The van der Waals surface area contributed by atoms with Gasteiger partial charge in [0.1, 0.15) is 23.8 Å². The number of benzene rings is 1. The van der Waals surface area contributed by atoms with Gasteiger partial charge >= 0.3 is 0 Å². The van der Waals surface area contributed by atoms with Crippen LogP contribution in [0.5, 0.6) is 11.5 Å². The molecule has 0 amide bonds. The molecule has 3 rings (SSSR count). The maximum atomic E-state index is 6.01. The molecule has 0 unspecified atom stereocenters. The molecule has 0 aliphatic carbocycles. The summed E-state index contributed by atoms with van der Waals surface area (Å²) in [6.45, 7) is 4.42. The molecule has 1 aromatic carbocycles. The second-order valence-corrected chi connectivity index (χ2v) is 5.58. The van der Waals surface area contributed by atoms with Crippen LogP contribution in [0.25, 0.3) is 11.3 Å². The molecule has 0 saturated carbocycles. The van der Waals surface area contributed by atoms with Crippen molar-refractivity contribution in [2.75, 3.05) is 7.11 Å². The summed E-state index contributed by atoms with van der Waals surface area (Å²) < 4.78 is 11.2. The zero-order valence-electron chi connectivity index (χ0n) is 14.1. The Bertz CT molecular complexity index is 829. The normalized spacial score (nSPS) is 10.5. The minimum absolute atomic E-state index is 0.417. The van der Waals surface area contributed by atoms with E-state index in [9.17, 15) is 0 Å². The van der Waals surface area contributed by atoms with Crippen molar-refractivity contribution in [3.63, 3.8) is 0 Å². The van der Waals surface area contributed by atoms with Crippen LogP contribution in [0.1, 0.15) is 17.0 Å². The summed E-state index contributed by atoms with van der Waals surface area (Å²) in [7, 11) is 1.66. The third-order valence-electron chi connectivity index (χ3n) is 3.84. The average molecular weight is 320 g/mol. The number of hydrogen-bond acceptors (Lipinski definition) is 4. The van der Waals surface area contributed by atoms with E-state index in [-0.39, 0.29) is 0 Å². The number of aromatic nitrogens is 2. The maximum absolute atomic E-state index is 6.01. The first-order chi connectivity index (χ1) is 11.7. The topological polar surface area (TPSA) is 44.2 Å². The van der Waals surface area contributed by atoms with E-state index < -0.39 is 0 Å². The van der Waals surface area contributed by atoms with Crippen LogP contribution in [0.4, 0.5) is 0 Å². The standard InChI is InChI=1S/C20H20N2O2/c1-14-5-4-12-21-18(14)13-24-19-11-6-15(2)22-20(19)16-7-9-17(23-3)10-8-16/h4-12H,13H2,1-3H3. The molecule has 122 valence electrons. The minimum Gasteiger partial charge on any atom is -0.497 e. The predicted molar refractivity (Wildman–Crippen MR) is 94.3 cm³/mol. The molecular formula is C20H20N2O2. The summed E-state index contributed by atoms with van der Waals surface area (Å²) in [5.41, 5.74) is 4.81. The summed E-state index contributed by atoms with van der Waals surface area (Å²) in [6.07, 6.45) is 1.78. The van der Waals surface area contributed by atoms with E-state index in [1.165, 1.54) is 0 Å². The van der Waals surface area contributed by atoms with Gasteiger partial charge in [-0.05, 0) is 61.9 Å². The van der Waals surface area contributed by atoms with Crippen molar-refractivity contribution >= 4 is 0 Å². The average Bonchev–Trinajstić information content (AvgIpc) is 2.62. The lowest BCUT2D eigenvalue weighted by atomic mass is 10.1. The molecule has 0 saturated heterocycles. The van der Waals surface area contributed by atoms with Gasteiger partial charge in [0.15, 0.2) is 0 Å². The van der Waals surface area contributed by atoms with Gasteiger partial charge in [-0.3, -0.25) is 4.98 Å². The van der Waals surface area contributed by atoms with E-state index in [2.05, 4.69) is 9.97 Å². The van der Waals surface area contributed by atoms with Gasteiger partial charge in [0.2, 0.25) is 0 Å². The largest absolute Gasteiger partial charge is 0.497 e. The molecule has 0 aliphatic rings. The molecule has 3 aromatic rings. The number of nitrogens with zero attached hydrogens (tertiary/aromatic N) is 2. The van der Waals surface area contributed by atoms with Gasteiger partial charge in [0.25, 0.3) is 0 Å². The SMILES string of the molecule is COc1ccc(-c2nc(C)ccc2OCc2ncccc2C)cc1. The quantitative estimate of drug-likeness (QED) is 0.701. The van der Waals surface area contributed by atoms with E-state index in [4.69, 9.17) is 9.47 Å². The fraction of sp³-hybridized carbons (Fsp3) is 0.200. The predicted octanol–water partition coefficient (Wildman–Crippen LogP) is 4.35. The molecule has 2 aromatic heterocycles. The van der Waals surface area contributed by atoms with Crippen LogP contribution < -0.4 is 9.47 Å². The molecule has 0 spiro atoms. The van der Waals surface area contributed by atoms with Crippen LogP contribution in [0.2, 0.25) is 0 Å². The van der Waals surface area contributed by atoms with Crippen molar-refractivity contribution in [2.24, 2.45) is 0 Å². The van der Waals surface area contributed by atoms with Gasteiger partial charge in [-0.1, -0.05) is 6.07 Å². The van der Waals surface area contributed by atoms with E-state index in [0.29, 0.717) is 6.61 Å². The van der Waals surface area contributed by atoms with Crippen LogP contribution >= 0.6 is 0 Å². The van der Waals surface area contributed by atoms with Gasteiger partial charge in [-0.2, -0.15) is 0 Å². The Kier molecular flexibility index (Phi) is 4.75. The number of rotatable bonds is 5. The van der Waals surface area contributed by atoms with E-state index in [1.54, 1.807) is 13.3 Å². The third kappa shape index (κ3) is 3.54. The van der Waals surface area contributed by atoms with Crippen molar-refractivity contribution in [1.29, 1.82) is 0 Å². The molecule has 0 radical (unpaired) electrons. The summed E-state index contributed by atoms with van der Waals surface area (Å²) in [5.74, 6) is 1.56. The lowest BCUT2D eigenvalue weighted by Gasteiger charge is -2.13. The van der Waals surface area contributed by atoms with E-state index >= 15 is 0 Å². The Balaban J connectivity index is 1.89. The fourth-order valence-corrected chi connectivity index (χ4v) is 2.43. The van der Waals surface area contributed by atoms with Crippen LogP contribution in [-0.2, 0) is 6.61 Å². The highest BCUT2D eigenvalue weighted by atomic mass is 16.5. The fourth-order valence-electron chi connectivity index (χ4n) is 2.43. The van der Waals surface area contributed by atoms with Gasteiger partial charge in [-0.15, -0.1) is 0 Å². The van der Waals surface area contributed by atoms with Crippen molar-refractivity contribution in [2.45, 2.75) is 20.5 Å². The van der Waals surface area contributed by atoms with Gasteiger partial charge in [-0.25, -0.2) is 4.98 Å². The summed E-state index contributed by atoms with van der Waals surface area (Å²) in [6, 6.07) is 15.7. The number of pyridine rings is 2. The first-order valence-corrected chi connectivity index (χ1v) is 7.83.